The molecular formula is C12H24N2O. The van der Waals surface area contributed by atoms with Gasteiger partial charge in [0.2, 0.25) is 0 Å². The van der Waals surface area contributed by atoms with E-state index < -0.39 is 0 Å². The molecule has 2 aliphatic heterocycles. The molecule has 0 N–H and O–H groups in total. The van der Waals surface area contributed by atoms with Crippen molar-refractivity contribution in [3.8, 4) is 0 Å². The van der Waals surface area contributed by atoms with Crippen LogP contribution in [-0.2, 0) is 4.74 Å². The lowest BCUT2D eigenvalue weighted by Crippen LogP contribution is -2.60. The number of nitrogens with zero attached hydrogens (tertiary/aromatic N) is 2. The number of ether oxygens (including phenoxy) is 1. The average molecular weight is 212 g/mol. The standard InChI is InChI=1S/C12H24N2O/c1-11(2,3)14-8-9-15-12(14)6-5-7-13(4)10-12/h5-10H2,1-4H3. The lowest BCUT2D eigenvalue weighted by atomic mass is 9.95. The van der Waals surface area contributed by atoms with Gasteiger partial charge in [0.1, 0.15) is 5.72 Å². The fourth-order valence-corrected chi connectivity index (χ4v) is 3.10. The van der Waals surface area contributed by atoms with E-state index in [9.17, 15) is 0 Å². The molecule has 88 valence electrons. The molecular weight excluding hydrogens is 188 g/mol. The topological polar surface area (TPSA) is 15.7 Å². The van der Waals surface area contributed by atoms with Gasteiger partial charge in [-0.2, -0.15) is 0 Å². The minimum absolute atomic E-state index is 0.00521. The summed E-state index contributed by atoms with van der Waals surface area (Å²) in [4.78, 5) is 4.95. The first-order chi connectivity index (χ1) is 6.94. The zero-order valence-electron chi connectivity index (χ0n) is 10.5. The fourth-order valence-electron chi connectivity index (χ4n) is 3.10. The highest BCUT2D eigenvalue weighted by molar-refractivity contribution is 4.97. The van der Waals surface area contributed by atoms with Crippen molar-refractivity contribution in [2.45, 2.75) is 44.9 Å². The molecule has 1 unspecified atom stereocenters. The van der Waals surface area contributed by atoms with Gasteiger partial charge in [0.05, 0.1) is 6.61 Å². The molecule has 3 nitrogen and oxygen atoms in total. The molecule has 0 amide bonds. The van der Waals surface area contributed by atoms with Crippen LogP contribution in [0.4, 0.5) is 0 Å². The van der Waals surface area contributed by atoms with Crippen molar-refractivity contribution < 1.29 is 4.74 Å². The first-order valence-electron chi connectivity index (χ1n) is 6.04. The molecule has 0 aromatic heterocycles. The van der Waals surface area contributed by atoms with Crippen LogP contribution in [0.25, 0.3) is 0 Å². The van der Waals surface area contributed by atoms with Crippen molar-refractivity contribution in [3.63, 3.8) is 0 Å². The Labute approximate surface area is 93.4 Å². The van der Waals surface area contributed by atoms with E-state index in [1.54, 1.807) is 0 Å². The Kier molecular flexibility index (Phi) is 2.82. The molecule has 2 saturated heterocycles. The molecule has 0 aliphatic carbocycles. The summed E-state index contributed by atoms with van der Waals surface area (Å²) in [6, 6.07) is 0. The lowest BCUT2D eigenvalue weighted by Gasteiger charge is -2.48. The van der Waals surface area contributed by atoms with E-state index in [1.807, 2.05) is 0 Å². The van der Waals surface area contributed by atoms with Gasteiger partial charge in [-0.25, -0.2) is 0 Å². The number of rotatable bonds is 0. The Hall–Kier alpha value is -0.120. The quantitative estimate of drug-likeness (QED) is 0.606. The maximum absolute atomic E-state index is 6.08. The molecule has 15 heavy (non-hydrogen) atoms. The van der Waals surface area contributed by atoms with E-state index in [0.717, 1.165) is 19.7 Å². The molecule has 0 aromatic rings. The molecule has 0 bridgehead atoms. The summed E-state index contributed by atoms with van der Waals surface area (Å²) >= 11 is 0. The first kappa shape index (κ1) is 11.4. The molecule has 2 aliphatic rings. The van der Waals surface area contributed by atoms with Gasteiger partial charge in [-0.15, -0.1) is 0 Å². The van der Waals surface area contributed by atoms with Gasteiger partial charge in [0.25, 0.3) is 0 Å². The molecule has 1 spiro atoms. The summed E-state index contributed by atoms with van der Waals surface area (Å²) in [5.74, 6) is 0. The Morgan fingerprint density at radius 3 is 2.53 bits per heavy atom. The zero-order valence-corrected chi connectivity index (χ0v) is 10.5. The first-order valence-corrected chi connectivity index (χ1v) is 6.04. The summed E-state index contributed by atoms with van der Waals surface area (Å²) in [5.41, 5.74) is 0.222. The van der Waals surface area contributed by atoms with E-state index in [0.29, 0.717) is 0 Å². The van der Waals surface area contributed by atoms with Crippen LogP contribution in [0.3, 0.4) is 0 Å². The summed E-state index contributed by atoms with van der Waals surface area (Å²) < 4.78 is 6.08. The highest BCUT2D eigenvalue weighted by Crippen LogP contribution is 2.37. The third-order valence-electron chi connectivity index (χ3n) is 3.61. The molecule has 0 saturated carbocycles. The number of likely N-dealkylation sites (tertiary alicyclic amines) is 1. The maximum Gasteiger partial charge on any atom is 0.135 e. The van der Waals surface area contributed by atoms with Crippen LogP contribution in [-0.4, -0.2) is 54.4 Å². The third kappa shape index (κ3) is 2.05. The van der Waals surface area contributed by atoms with Gasteiger partial charge in [-0.05, 0) is 47.2 Å². The second-order valence-corrected chi connectivity index (χ2v) is 5.96. The second-order valence-electron chi connectivity index (χ2n) is 5.96. The molecule has 1 atom stereocenters. The Balaban J connectivity index is 2.18. The van der Waals surface area contributed by atoms with Crippen LogP contribution >= 0.6 is 0 Å². The summed E-state index contributed by atoms with van der Waals surface area (Å²) in [6.45, 7) is 11.1. The van der Waals surface area contributed by atoms with Crippen molar-refractivity contribution in [2.24, 2.45) is 0 Å². The fraction of sp³-hybridized carbons (Fsp3) is 1.00. The predicted octanol–water partition coefficient (Wildman–Crippen LogP) is 1.54. The third-order valence-corrected chi connectivity index (χ3v) is 3.61. The maximum atomic E-state index is 6.08. The van der Waals surface area contributed by atoms with E-state index in [2.05, 4.69) is 37.6 Å². The van der Waals surface area contributed by atoms with E-state index in [-0.39, 0.29) is 11.3 Å². The molecule has 2 heterocycles. The molecule has 2 rings (SSSR count). The minimum Gasteiger partial charge on any atom is -0.358 e. The van der Waals surface area contributed by atoms with Crippen LogP contribution in [0, 0.1) is 0 Å². The molecule has 2 fully saturated rings. The number of hydrogen-bond acceptors (Lipinski definition) is 3. The van der Waals surface area contributed by atoms with Gasteiger partial charge < -0.3 is 9.64 Å². The Morgan fingerprint density at radius 2 is 1.93 bits per heavy atom. The van der Waals surface area contributed by atoms with Gasteiger partial charge >= 0.3 is 0 Å². The Bertz CT molecular complexity index is 236. The van der Waals surface area contributed by atoms with Gasteiger partial charge in [-0.1, -0.05) is 0 Å². The highest BCUT2D eigenvalue weighted by Gasteiger charge is 2.48. The predicted molar refractivity (Wildman–Crippen MR) is 61.9 cm³/mol. The minimum atomic E-state index is 0.00521. The number of piperidine rings is 1. The molecule has 3 heteroatoms. The molecule has 0 radical (unpaired) electrons. The Morgan fingerprint density at radius 1 is 1.20 bits per heavy atom. The van der Waals surface area contributed by atoms with Gasteiger partial charge in [0.15, 0.2) is 0 Å². The van der Waals surface area contributed by atoms with E-state index >= 15 is 0 Å². The van der Waals surface area contributed by atoms with Crippen LogP contribution in [0.1, 0.15) is 33.6 Å². The van der Waals surface area contributed by atoms with Gasteiger partial charge in [-0.3, -0.25) is 4.90 Å². The lowest BCUT2D eigenvalue weighted by molar-refractivity contribution is -0.146. The van der Waals surface area contributed by atoms with Crippen molar-refractivity contribution >= 4 is 0 Å². The zero-order chi connectivity index (χ0) is 11.1. The van der Waals surface area contributed by atoms with Crippen molar-refractivity contribution in [2.75, 3.05) is 33.3 Å². The molecule has 0 aromatic carbocycles. The summed E-state index contributed by atoms with van der Waals surface area (Å²) in [5, 5.41) is 0. The van der Waals surface area contributed by atoms with Crippen LogP contribution in [0.5, 0.6) is 0 Å². The van der Waals surface area contributed by atoms with Crippen LogP contribution in [0.2, 0.25) is 0 Å². The highest BCUT2D eigenvalue weighted by atomic mass is 16.5. The number of hydrogen-bond donors (Lipinski definition) is 0. The van der Waals surface area contributed by atoms with E-state index in [4.69, 9.17) is 4.74 Å². The van der Waals surface area contributed by atoms with Crippen molar-refractivity contribution in [3.05, 3.63) is 0 Å². The van der Waals surface area contributed by atoms with Crippen LogP contribution in [0.15, 0.2) is 0 Å². The largest absolute Gasteiger partial charge is 0.358 e. The van der Waals surface area contributed by atoms with Crippen molar-refractivity contribution in [1.29, 1.82) is 0 Å². The second kappa shape index (κ2) is 3.72. The smallest absolute Gasteiger partial charge is 0.135 e. The average Bonchev–Trinajstić information content (AvgIpc) is 2.47. The normalized spacial score (nSPS) is 35.2. The van der Waals surface area contributed by atoms with Crippen molar-refractivity contribution in [1.82, 2.24) is 9.80 Å². The summed E-state index contributed by atoms with van der Waals surface area (Å²) in [7, 11) is 2.20. The summed E-state index contributed by atoms with van der Waals surface area (Å²) in [6.07, 6.45) is 2.44. The number of likely N-dealkylation sites (N-methyl/N-ethyl adjacent to an activating group) is 1. The van der Waals surface area contributed by atoms with E-state index in [1.165, 1.54) is 19.4 Å². The van der Waals surface area contributed by atoms with Crippen LogP contribution < -0.4 is 0 Å². The SMILES string of the molecule is CN1CCCC2(C1)OCCN2C(C)(C)C. The monoisotopic (exact) mass is 212 g/mol. The van der Waals surface area contributed by atoms with Gasteiger partial charge in [0, 0.05) is 18.6 Å².